The van der Waals surface area contributed by atoms with Gasteiger partial charge in [0.15, 0.2) is 0 Å². The van der Waals surface area contributed by atoms with Crippen molar-refractivity contribution in [3.8, 4) is 0 Å². The Morgan fingerprint density at radius 1 is 1.35 bits per heavy atom. The molecule has 1 atom stereocenters. The summed E-state index contributed by atoms with van der Waals surface area (Å²) in [5.74, 6) is -0.286. The molecule has 1 aliphatic heterocycles. The smallest absolute Gasteiger partial charge is 0.410 e. The van der Waals surface area contributed by atoms with E-state index in [1.807, 2.05) is 27.7 Å². The quantitative estimate of drug-likeness (QED) is 0.590. The van der Waals surface area contributed by atoms with Crippen LogP contribution in [0.2, 0.25) is 0 Å². The summed E-state index contributed by atoms with van der Waals surface area (Å²) in [6.45, 7) is 12.0. The zero-order chi connectivity index (χ0) is 15.6. The molecular weight excluding hydrogens is 258 g/mol. The van der Waals surface area contributed by atoms with Gasteiger partial charge in [0.05, 0.1) is 12.5 Å². The lowest BCUT2D eigenvalue weighted by atomic mass is 9.81. The summed E-state index contributed by atoms with van der Waals surface area (Å²) in [5.41, 5.74) is -0.319. The van der Waals surface area contributed by atoms with Crippen molar-refractivity contribution in [3.05, 3.63) is 12.2 Å². The first-order chi connectivity index (χ1) is 9.09. The molecule has 1 heterocycles. The number of carbonyl (C=O) groups excluding carboxylic acids is 2. The summed E-state index contributed by atoms with van der Waals surface area (Å²) in [6, 6.07) is 0. The van der Waals surface area contributed by atoms with Crippen LogP contribution in [0.25, 0.3) is 0 Å². The monoisotopic (exact) mass is 283 g/mol. The van der Waals surface area contributed by atoms with E-state index in [9.17, 15) is 9.59 Å². The number of carbonyl (C=O) groups is 2. The van der Waals surface area contributed by atoms with Gasteiger partial charge in [0.2, 0.25) is 0 Å². The Hall–Kier alpha value is -1.52. The maximum absolute atomic E-state index is 12.1. The van der Waals surface area contributed by atoms with Gasteiger partial charge in [0, 0.05) is 13.1 Å². The highest BCUT2D eigenvalue weighted by atomic mass is 16.6. The number of rotatable bonds is 3. The number of allylic oxidation sites excluding steroid dienone is 1. The second-order valence-electron chi connectivity index (χ2n) is 6.56. The van der Waals surface area contributed by atoms with Crippen molar-refractivity contribution in [1.82, 2.24) is 4.90 Å². The highest BCUT2D eigenvalue weighted by molar-refractivity contribution is 5.80. The number of esters is 1. The third kappa shape index (κ3) is 3.99. The second-order valence-corrected chi connectivity index (χ2v) is 6.56. The molecule has 20 heavy (non-hydrogen) atoms. The van der Waals surface area contributed by atoms with Gasteiger partial charge in [-0.05, 0) is 40.5 Å². The number of nitrogens with zero attached hydrogens (tertiary/aromatic N) is 1. The molecular formula is C15H25NO4. The lowest BCUT2D eigenvalue weighted by molar-refractivity contribution is -0.151. The minimum atomic E-state index is -0.683. The first-order valence-electron chi connectivity index (χ1n) is 6.80. The van der Waals surface area contributed by atoms with Gasteiger partial charge >= 0.3 is 12.1 Å². The summed E-state index contributed by atoms with van der Waals surface area (Å²) in [6.07, 6.45) is 0.718. The maximum Gasteiger partial charge on any atom is 0.410 e. The van der Waals surface area contributed by atoms with Crippen molar-refractivity contribution < 1.29 is 19.1 Å². The Bertz CT molecular complexity index is 411. The Morgan fingerprint density at radius 2 is 1.95 bits per heavy atom. The van der Waals surface area contributed by atoms with E-state index in [-0.39, 0.29) is 12.1 Å². The van der Waals surface area contributed by atoms with E-state index in [4.69, 9.17) is 9.47 Å². The molecule has 0 spiro atoms. The molecule has 0 aromatic carbocycles. The van der Waals surface area contributed by atoms with Crippen LogP contribution < -0.4 is 0 Å². The van der Waals surface area contributed by atoms with E-state index in [1.165, 1.54) is 7.11 Å². The van der Waals surface area contributed by atoms with Crippen LogP contribution in [0.15, 0.2) is 12.2 Å². The molecule has 1 rings (SSSR count). The summed E-state index contributed by atoms with van der Waals surface area (Å²) < 4.78 is 10.3. The molecule has 0 saturated carbocycles. The molecule has 1 unspecified atom stereocenters. The molecule has 1 saturated heterocycles. The van der Waals surface area contributed by atoms with Gasteiger partial charge in [-0.25, -0.2) is 4.79 Å². The number of methoxy groups -OCH3 is 1. The van der Waals surface area contributed by atoms with Crippen LogP contribution >= 0.6 is 0 Å². The van der Waals surface area contributed by atoms with Gasteiger partial charge in [-0.2, -0.15) is 0 Å². The normalized spacial score (nSPS) is 22.6. The predicted molar refractivity (Wildman–Crippen MR) is 76.3 cm³/mol. The van der Waals surface area contributed by atoms with E-state index < -0.39 is 11.0 Å². The van der Waals surface area contributed by atoms with Crippen molar-refractivity contribution in [3.63, 3.8) is 0 Å². The van der Waals surface area contributed by atoms with Crippen molar-refractivity contribution in [2.75, 3.05) is 20.2 Å². The number of amides is 1. The first kappa shape index (κ1) is 16.5. The summed E-state index contributed by atoms with van der Waals surface area (Å²) in [7, 11) is 1.37. The highest BCUT2D eigenvalue weighted by Crippen LogP contribution is 2.38. The van der Waals surface area contributed by atoms with Gasteiger partial charge in [-0.3, -0.25) is 4.79 Å². The summed E-state index contributed by atoms with van der Waals surface area (Å²) >= 11 is 0. The molecule has 1 aliphatic rings. The molecule has 1 amide bonds. The molecule has 0 aromatic rings. The van der Waals surface area contributed by atoms with Crippen LogP contribution in [0.1, 0.15) is 40.5 Å². The maximum atomic E-state index is 12.1. The average molecular weight is 283 g/mol. The number of ether oxygens (including phenoxy) is 2. The lowest BCUT2D eigenvalue weighted by Crippen LogP contribution is -2.40. The first-order valence-corrected chi connectivity index (χ1v) is 6.80. The van der Waals surface area contributed by atoms with Gasteiger partial charge in [0.25, 0.3) is 0 Å². The fourth-order valence-electron chi connectivity index (χ4n) is 2.53. The second kappa shape index (κ2) is 5.85. The predicted octanol–water partition coefficient (Wildman–Crippen LogP) is 2.75. The third-order valence-electron chi connectivity index (χ3n) is 3.26. The molecule has 5 heteroatoms. The topological polar surface area (TPSA) is 55.8 Å². The molecule has 114 valence electrons. The fourth-order valence-corrected chi connectivity index (χ4v) is 2.53. The molecule has 5 nitrogen and oxygen atoms in total. The minimum Gasteiger partial charge on any atom is -0.469 e. The molecule has 0 N–H and O–H groups in total. The highest BCUT2D eigenvalue weighted by Gasteiger charge is 2.47. The van der Waals surface area contributed by atoms with Crippen molar-refractivity contribution >= 4 is 12.1 Å². The largest absolute Gasteiger partial charge is 0.469 e. The molecule has 0 radical (unpaired) electrons. The van der Waals surface area contributed by atoms with Crippen molar-refractivity contribution in [1.29, 1.82) is 0 Å². The Balaban J connectivity index is 2.82. The van der Waals surface area contributed by atoms with E-state index in [2.05, 4.69) is 6.58 Å². The Kier molecular flexibility index (Phi) is 4.84. The molecule has 1 fully saturated rings. The van der Waals surface area contributed by atoms with Crippen molar-refractivity contribution in [2.24, 2.45) is 5.41 Å². The van der Waals surface area contributed by atoms with Gasteiger partial charge in [-0.15, -0.1) is 6.58 Å². The Morgan fingerprint density at radius 3 is 2.40 bits per heavy atom. The van der Waals surface area contributed by atoms with Crippen LogP contribution in [0.4, 0.5) is 4.79 Å². The fraction of sp³-hybridized carbons (Fsp3) is 0.733. The zero-order valence-corrected chi connectivity index (χ0v) is 13.1. The number of hydrogen-bond acceptors (Lipinski definition) is 4. The third-order valence-corrected chi connectivity index (χ3v) is 3.26. The standard InChI is InChI=1S/C15H25NO4/c1-11(2)9-15(12(17)19-6)7-8-16(10-15)13(18)20-14(3,4)5/h1,7-10H2,2-6H3. The number of likely N-dealkylation sites (tertiary alicyclic amines) is 1. The van der Waals surface area contributed by atoms with Crippen LogP contribution in [0.5, 0.6) is 0 Å². The van der Waals surface area contributed by atoms with E-state index in [0.29, 0.717) is 25.9 Å². The molecule has 0 aliphatic carbocycles. The zero-order valence-electron chi connectivity index (χ0n) is 13.1. The van der Waals surface area contributed by atoms with Crippen molar-refractivity contribution in [2.45, 2.75) is 46.1 Å². The van der Waals surface area contributed by atoms with E-state index >= 15 is 0 Å². The minimum absolute atomic E-state index is 0.286. The summed E-state index contributed by atoms with van der Waals surface area (Å²) in [4.78, 5) is 25.7. The van der Waals surface area contributed by atoms with Crippen LogP contribution in [0, 0.1) is 5.41 Å². The van der Waals surface area contributed by atoms with Crippen LogP contribution in [0.3, 0.4) is 0 Å². The molecule has 0 bridgehead atoms. The van der Waals surface area contributed by atoms with Gasteiger partial charge < -0.3 is 14.4 Å². The molecule has 0 aromatic heterocycles. The van der Waals surface area contributed by atoms with E-state index in [1.54, 1.807) is 4.90 Å². The summed E-state index contributed by atoms with van der Waals surface area (Å²) in [5, 5.41) is 0. The Labute approximate surface area is 120 Å². The van der Waals surface area contributed by atoms with Gasteiger partial charge in [-0.1, -0.05) is 5.57 Å². The van der Waals surface area contributed by atoms with Crippen LogP contribution in [-0.2, 0) is 14.3 Å². The lowest BCUT2D eigenvalue weighted by Gasteiger charge is -2.28. The number of hydrogen-bond donors (Lipinski definition) is 0. The SMILES string of the molecule is C=C(C)CC1(C(=O)OC)CCN(C(=O)OC(C)(C)C)C1. The van der Waals surface area contributed by atoms with E-state index in [0.717, 1.165) is 5.57 Å². The van der Waals surface area contributed by atoms with Gasteiger partial charge in [0.1, 0.15) is 5.60 Å². The van der Waals surface area contributed by atoms with Crippen LogP contribution in [-0.4, -0.2) is 42.8 Å². The average Bonchev–Trinajstić information content (AvgIpc) is 2.70.